The minimum Gasteiger partial charge on any atom is -0.483 e. The lowest BCUT2D eigenvalue weighted by Crippen LogP contribution is -2.22. The molecule has 4 heterocycles. The number of carbonyl (C=O) groups excluding carboxylic acids is 1. The van der Waals surface area contributed by atoms with Gasteiger partial charge in [-0.15, -0.1) is 0 Å². The summed E-state index contributed by atoms with van der Waals surface area (Å²) >= 11 is 0. The van der Waals surface area contributed by atoms with Crippen LogP contribution >= 0.6 is 0 Å². The number of benzene rings is 1. The Morgan fingerprint density at radius 2 is 2.09 bits per heavy atom. The minimum atomic E-state index is -0.608. The van der Waals surface area contributed by atoms with E-state index in [9.17, 15) is 9.59 Å². The molecule has 0 aliphatic heterocycles. The highest BCUT2D eigenvalue weighted by atomic mass is 16.5. The molecule has 0 aliphatic carbocycles. The third-order valence-electron chi connectivity index (χ3n) is 5.82. The first kappa shape index (κ1) is 21.4. The normalized spacial score (nSPS) is 12.3. The van der Waals surface area contributed by atoms with E-state index < -0.39 is 5.91 Å². The van der Waals surface area contributed by atoms with Crippen LogP contribution in [-0.2, 0) is 4.79 Å². The summed E-state index contributed by atoms with van der Waals surface area (Å²) in [4.78, 5) is 36.3. The molecule has 3 N–H and O–H groups in total. The number of hydrogen-bond acceptors (Lipinski definition) is 7. The Morgan fingerprint density at radius 1 is 1.26 bits per heavy atom. The van der Waals surface area contributed by atoms with E-state index in [-0.39, 0.29) is 18.3 Å². The Morgan fingerprint density at radius 3 is 2.76 bits per heavy atom. The van der Waals surface area contributed by atoms with Crippen molar-refractivity contribution < 1.29 is 14.1 Å². The number of fused-ring (bicyclic) bond motifs is 3. The van der Waals surface area contributed by atoms with Gasteiger partial charge in [-0.25, -0.2) is 4.79 Å². The maximum absolute atomic E-state index is 13.0. The summed E-state index contributed by atoms with van der Waals surface area (Å²) in [7, 11) is 0. The first-order chi connectivity index (χ1) is 16.3. The van der Waals surface area contributed by atoms with E-state index in [1.807, 2.05) is 38.1 Å². The van der Waals surface area contributed by atoms with Crippen LogP contribution in [-0.4, -0.2) is 37.2 Å². The van der Waals surface area contributed by atoms with Gasteiger partial charge in [0, 0.05) is 17.1 Å². The number of nitrogens with zero attached hydrogens (tertiary/aromatic N) is 4. The predicted octanol–water partition coefficient (Wildman–Crippen LogP) is 3.02. The summed E-state index contributed by atoms with van der Waals surface area (Å²) < 4.78 is 12.8. The van der Waals surface area contributed by atoms with Crippen molar-refractivity contribution >= 4 is 27.8 Å². The number of aromatic nitrogens is 5. The lowest BCUT2D eigenvalue weighted by molar-refractivity contribution is -0.119. The second kappa shape index (κ2) is 8.14. The molecule has 10 nitrogen and oxygen atoms in total. The average Bonchev–Trinajstić information content (AvgIpc) is 3.34. The highest BCUT2D eigenvalue weighted by Crippen LogP contribution is 2.39. The van der Waals surface area contributed by atoms with Crippen molar-refractivity contribution in [2.24, 2.45) is 5.73 Å². The average molecular weight is 458 g/mol. The summed E-state index contributed by atoms with van der Waals surface area (Å²) in [6, 6.07) is 8.84. The van der Waals surface area contributed by atoms with Crippen molar-refractivity contribution in [3.63, 3.8) is 0 Å². The topological polar surface area (TPSA) is 142 Å². The molecule has 1 unspecified atom stereocenters. The number of nitrogens with two attached hydrogens (primary N) is 1. The molecule has 5 rings (SSSR count). The molecule has 0 bridgehead atoms. The van der Waals surface area contributed by atoms with Crippen LogP contribution in [0.4, 0.5) is 0 Å². The van der Waals surface area contributed by atoms with Crippen molar-refractivity contribution in [2.45, 2.75) is 26.8 Å². The molecule has 34 heavy (non-hydrogen) atoms. The van der Waals surface area contributed by atoms with E-state index in [0.717, 1.165) is 11.3 Å². The van der Waals surface area contributed by atoms with Gasteiger partial charge in [0.1, 0.15) is 11.5 Å². The number of H-pyrrole nitrogens is 1. The summed E-state index contributed by atoms with van der Waals surface area (Å²) in [5.41, 5.74) is 9.75. The Kier molecular flexibility index (Phi) is 5.12. The number of aromatic amines is 1. The number of primary amides is 1. The molecule has 10 heteroatoms. The second-order valence-corrected chi connectivity index (χ2v) is 8.07. The van der Waals surface area contributed by atoms with Gasteiger partial charge >= 0.3 is 5.69 Å². The number of amides is 1. The lowest BCUT2D eigenvalue weighted by atomic mass is 10.00. The fourth-order valence-electron chi connectivity index (χ4n) is 4.29. The highest BCUT2D eigenvalue weighted by molar-refractivity contribution is 6.05. The standard InChI is InChI=1S/C24H22N6O4/c1-12-22(14(3)34-29-12)16-8-18-15(9-20(16)33-11-21(25)31)23-19(10-27-18)28-24(32)30(23)13(2)17-6-4-5-7-26-17/h4-10,13H,11H2,1-3H3,(H2,25,31)(H,28,32). The smallest absolute Gasteiger partial charge is 0.327 e. The van der Waals surface area contributed by atoms with Crippen molar-refractivity contribution in [3.8, 4) is 16.9 Å². The summed E-state index contributed by atoms with van der Waals surface area (Å²) in [5.74, 6) is 0.397. The number of imidazole rings is 1. The Labute approximate surface area is 193 Å². The number of hydrogen-bond donors (Lipinski definition) is 2. The van der Waals surface area contributed by atoms with E-state index in [0.29, 0.717) is 44.7 Å². The van der Waals surface area contributed by atoms with Gasteiger partial charge in [0.25, 0.3) is 5.91 Å². The fourth-order valence-corrected chi connectivity index (χ4v) is 4.29. The minimum absolute atomic E-state index is 0.281. The van der Waals surface area contributed by atoms with Gasteiger partial charge in [0.2, 0.25) is 0 Å². The van der Waals surface area contributed by atoms with Crippen LogP contribution in [0, 0.1) is 13.8 Å². The van der Waals surface area contributed by atoms with Crippen LogP contribution in [0.1, 0.15) is 30.1 Å². The van der Waals surface area contributed by atoms with Crippen molar-refractivity contribution in [2.75, 3.05) is 6.61 Å². The summed E-state index contributed by atoms with van der Waals surface area (Å²) in [6.45, 7) is 5.22. The van der Waals surface area contributed by atoms with Crippen molar-refractivity contribution in [1.82, 2.24) is 24.7 Å². The molecule has 0 fully saturated rings. The van der Waals surface area contributed by atoms with Crippen LogP contribution in [0.2, 0.25) is 0 Å². The monoisotopic (exact) mass is 458 g/mol. The van der Waals surface area contributed by atoms with Crippen LogP contribution in [0.15, 0.2) is 52.0 Å². The van der Waals surface area contributed by atoms with Gasteiger partial charge < -0.3 is 20.0 Å². The third-order valence-corrected chi connectivity index (χ3v) is 5.82. The molecule has 0 saturated heterocycles. The molecule has 1 atom stereocenters. The zero-order chi connectivity index (χ0) is 24.0. The predicted molar refractivity (Wildman–Crippen MR) is 126 cm³/mol. The van der Waals surface area contributed by atoms with E-state index in [2.05, 4.69) is 20.1 Å². The van der Waals surface area contributed by atoms with E-state index >= 15 is 0 Å². The number of nitrogens with one attached hydrogen (secondary N) is 1. The van der Waals surface area contributed by atoms with Gasteiger partial charge in [0.15, 0.2) is 6.61 Å². The molecular formula is C24H22N6O4. The van der Waals surface area contributed by atoms with Gasteiger partial charge in [0.05, 0.1) is 45.7 Å². The Balaban J connectivity index is 1.80. The Hall–Kier alpha value is -4.47. The third kappa shape index (κ3) is 3.49. The first-order valence-corrected chi connectivity index (χ1v) is 10.7. The molecule has 172 valence electrons. The van der Waals surface area contributed by atoms with Crippen molar-refractivity contribution in [1.29, 1.82) is 0 Å². The molecule has 0 aliphatic rings. The van der Waals surface area contributed by atoms with Crippen LogP contribution in [0.5, 0.6) is 5.75 Å². The molecule has 0 radical (unpaired) electrons. The molecule has 4 aromatic heterocycles. The fraction of sp³-hybridized carbons (Fsp3) is 0.208. The SMILES string of the molecule is Cc1noc(C)c1-c1cc2ncc3[nH]c(=O)n(C(C)c4ccccn4)c3c2cc1OCC(N)=O. The van der Waals surface area contributed by atoms with Crippen molar-refractivity contribution in [3.05, 3.63) is 70.4 Å². The van der Waals surface area contributed by atoms with E-state index in [1.54, 1.807) is 30.0 Å². The molecule has 1 amide bonds. The zero-order valence-corrected chi connectivity index (χ0v) is 18.8. The van der Waals surface area contributed by atoms with Gasteiger partial charge in [-0.3, -0.25) is 19.3 Å². The largest absolute Gasteiger partial charge is 0.483 e. The maximum Gasteiger partial charge on any atom is 0.327 e. The first-order valence-electron chi connectivity index (χ1n) is 10.7. The maximum atomic E-state index is 13.0. The summed E-state index contributed by atoms with van der Waals surface area (Å²) in [5, 5.41) is 4.71. The molecule has 0 spiro atoms. The van der Waals surface area contributed by atoms with Gasteiger partial charge in [-0.05, 0) is 45.0 Å². The number of carbonyl (C=O) groups is 1. The molecule has 1 aromatic carbocycles. The lowest BCUT2D eigenvalue weighted by Gasteiger charge is -2.16. The number of aryl methyl sites for hydroxylation is 2. The quantitative estimate of drug-likeness (QED) is 0.398. The molecule has 5 aromatic rings. The van der Waals surface area contributed by atoms with Gasteiger partial charge in [-0.1, -0.05) is 11.2 Å². The van der Waals surface area contributed by atoms with Gasteiger partial charge in [-0.2, -0.15) is 0 Å². The molecular weight excluding hydrogens is 436 g/mol. The summed E-state index contributed by atoms with van der Waals surface area (Å²) in [6.07, 6.45) is 3.32. The van der Waals surface area contributed by atoms with Crippen LogP contribution in [0.3, 0.4) is 0 Å². The Bertz CT molecular complexity index is 1580. The van der Waals surface area contributed by atoms with Crippen LogP contribution in [0.25, 0.3) is 33.1 Å². The molecule has 0 saturated carbocycles. The zero-order valence-electron chi connectivity index (χ0n) is 18.8. The van der Waals surface area contributed by atoms with E-state index in [1.165, 1.54) is 0 Å². The number of rotatable bonds is 6. The highest BCUT2D eigenvalue weighted by Gasteiger charge is 2.22. The van der Waals surface area contributed by atoms with Crippen LogP contribution < -0.4 is 16.2 Å². The van der Waals surface area contributed by atoms with E-state index in [4.69, 9.17) is 15.0 Å². The number of pyridine rings is 2. The number of ether oxygens (including phenoxy) is 1. The second-order valence-electron chi connectivity index (χ2n) is 8.07.